The maximum Gasteiger partial charge on any atom is 0.261 e. The number of primary amides is 1. The molecule has 0 radical (unpaired) electrons. The third-order valence-corrected chi connectivity index (χ3v) is 4.32. The Morgan fingerprint density at radius 1 is 1.48 bits per heavy atom. The van der Waals surface area contributed by atoms with Crippen molar-refractivity contribution in [2.75, 3.05) is 24.3 Å². The number of pyridine rings is 1. The fourth-order valence-electron chi connectivity index (χ4n) is 2.02. The molecule has 4 N–H and O–H groups in total. The van der Waals surface area contributed by atoms with Gasteiger partial charge >= 0.3 is 0 Å². The molecule has 0 atom stereocenters. The Balaban J connectivity index is 2.38. The number of hydrogen-bond acceptors (Lipinski definition) is 6. The lowest BCUT2D eigenvalue weighted by Crippen LogP contribution is -2.22. The lowest BCUT2D eigenvalue weighted by molar-refractivity contribution is 0.100. The van der Waals surface area contributed by atoms with Crippen LogP contribution in [0, 0.1) is 0 Å². The summed E-state index contributed by atoms with van der Waals surface area (Å²) in [7, 11) is 1.53. The van der Waals surface area contributed by atoms with E-state index in [2.05, 4.69) is 9.88 Å². The first-order valence-electron chi connectivity index (χ1n) is 6.49. The molecular formula is C14H18N4O2S. The van der Waals surface area contributed by atoms with E-state index in [-0.39, 0.29) is 0 Å². The molecule has 0 saturated heterocycles. The molecule has 2 aromatic heterocycles. The standard InChI is InChI=1S/C14H18N4O2S/c1-3-18(8-9-6-4-5-7-17-9)14-11(20-2)10(15)12(21-14)13(16)19/h4-7H,3,8,15H2,1-2H3,(H2,16,19). The average Bonchev–Trinajstić information content (AvgIpc) is 2.82. The van der Waals surface area contributed by atoms with Gasteiger partial charge in [-0.1, -0.05) is 6.07 Å². The van der Waals surface area contributed by atoms with Crippen molar-refractivity contribution in [2.45, 2.75) is 13.5 Å². The molecule has 0 aliphatic heterocycles. The third kappa shape index (κ3) is 3.08. The highest BCUT2D eigenvalue weighted by Crippen LogP contribution is 2.44. The number of ether oxygens (including phenoxy) is 1. The van der Waals surface area contributed by atoms with Crippen LogP contribution in [0.15, 0.2) is 24.4 Å². The summed E-state index contributed by atoms with van der Waals surface area (Å²) in [6.45, 7) is 3.35. The minimum absolute atomic E-state index is 0.296. The number of thiophene rings is 1. The summed E-state index contributed by atoms with van der Waals surface area (Å²) in [5.74, 6) is -0.0532. The zero-order valence-corrected chi connectivity index (χ0v) is 12.8. The van der Waals surface area contributed by atoms with E-state index >= 15 is 0 Å². The predicted molar refractivity (Wildman–Crippen MR) is 84.8 cm³/mol. The second kappa shape index (κ2) is 6.45. The number of aromatic nitrogens is 1. The van der Waals surface area contributed by atoms with Crippen LogP contribution in [0.4, 0.5) is 10.7 Å². The van der Waals surface area contributed by atoms with E-state index in [0.29, 0.717) is 22.9 Å². The van der Waals surface area contributed by atoms with Gasteiger partial charge in [-0.2, -0.15) is 0 Å². The Bertz CT molecular complexity index is 627. The van der Waals surface area contributed by atoms with Gasteiger partial charge in [0.05, 0.1) is 19.3 Å². The monoisotopic (exact) mass is 306 g/mol. The fraction of sp³-hybridized carbons (Fsp3) is 0.286. The van der Waals surface area contributed by atoms with Gasteiger partial charge < -0.3 is 21.1 Å². The third-order valence-electron chi connectivity index (χ3n) is 3.06. The van der Waals surface area contributed by atoms with Crippen molar-refractivity contribution in [1.29, 1.82) is 0 Å². The number of anilines is 2. The molecule has 0 aromatic carbocycles. The molecule has 0 saturated carbocycles. The van der Waals surface area contributed by atoms with Gasteiger partial charge in [-0.3, -0.25) is 9.78 Å². The molecule has 7 heteroatoms. The van der Waals surface area contributed by atoms with Crippen LogP contribution >= 0.6 is 11.3 Å². The minimum atomic E-state index is -0.545. The molecular weight excluding hydrogens is 288 g/mol. The number of rotatable bonds is 6. The molecule has 21 heavy (non-hydrogen) atoms. The summed E-state index contributed by atoms with van der Waals surface area (Å²) in [6.07, 6.45) is 1.75. The highest BCUT2D eigenvalue weighted by Gasteiger charge is 2.23. The van der Waals surface area contributed by atoms with E-state index in [0.717, 1.165) is 17.2 Å². The number of amides is 1. The molecule has 0 bridgehead atoms. The number of carbonyl (C=O) groups excluding carboxylic acids is 1. The Morgan fingerprint density at radius 2 is 2.24 bits per heavy atom. The van der Waals surface area contributed by atoms with E-state index in [1.165, 1.54) is 18.4 Å². The maximum absolute atomic E-state index is 11.4. The van der Waals surface area contributed by atoms with Gasteiger partial charge in [0.25, 0.3) is 5.91 Å². The maximum atomic E-state index is 11.4. The highest BCUT2D eigenvalue weighted by atomic mass is 32.1. The number of nitrogens with zero attached hydrogens (tertiary/aromatic N) is 2. The van der Waals surface area contributed by atoms with E-state index in [1.807, 2.05) is 25.1 Å². The molecule has 0 aliphatic rings. The molecule has 2 heterocycles. The van der Waals surface area contributed by atoms with Crippen LogP contribution in [0.5, 0.6) is 5.75 Å². The van der Waals surface area contributed by atoms with Gasteiger partial charge in [-0.05, 0) is 19.1 Å². The zero-order chi connectivity index (χ0) is 15.4. The minimum Gasteiger partial charge on any atom is -0.492 e. The summed E-state index contributed by atoms with van der Waals surface area (Å²) in [4.78, 5) is 18.1. The Kier molecular flexibility index (Phi) is 4.64. The second-order valence-corrected chi connectivity index (χ2v) is 5.38. The van der Waals surface area contributed by atoms with Crippen LogP contribution in [0.25, 0.3) is 0 Å². The molecule has 112 valence electrons. The number of carbonyl (C=O) groups is 1. The number of methoxy groups -OCH3 is 1. The fourth-order valence-corrected chi connectivity index (χ4v) is 3.12. The first kappa shape index (κ1) is 15.1. The summed E-state index contributed by atoms with van der Waals surface area (Å²) in [5.41, 5.74) is 12.5. The van der Waals surface area contributed by atoms with E-state index in [1.54, 1.807) is 6.20 Å². The van der Waals surface area contributed by atoms with Crippen LogP contribution in [0.3, 0.4) is 0 Å². The summed E-state index contributed by atoms with van der Waals surface area (Å²) in [5, 5.41) is 0.789. The quantitative estimate of drug-likeness (QED) is 0.849. The summed E-state index contributed by atoms with van der Waals surface area (Å²) >= 11 is 1.24. The lowest BCUT2D eigenvalue weighted by Gasteiger charge is -2.21. The smallest absolute Gasteiger partial charge is 0.261 e. The first-order chi connectivity index (χ1) is 10.1. The highest BCUT2D eigenvalue weighted by molar-refractivity contribution is 7.19. The van der Waals surface area contributed by atoms with Gasteiger partial charge in [-0.25, -0.2) is 0 Å². The van der Waals surface area contributed by atoms with Gasteiger partial charge in [-0.15, -0.1) is 11.3 Å². The van der Waals surface area contributed by atoms with Gasteiger partial charge in [0.2, 0.25) is 0 Å². The molecule has 0 unspecified atom stereocenters. The van der Waals surface area contributed by atoms with Crippen molar-refractivity contribution in [3.63, 3.8) is 0 Å². The van der Waals surface area contributed by atoms with Crippen LogP contribution in [-0.4, -0.2) is 24.5 Å². The zero-order valence-electron chi connectivity index (χ0n) is 12.0. The Labute approximate surface area is 127 Å². The van der Waals surface area contributed by atoms with Gasteiger partial charge in [0, 0.05) is 12.7 Å². The normalized spacial score (nSPS) is 10.4. The second-order valence-electron chi connectivity index (χ2n) is 4.38. The molecule has 2 aromatic rings. The SMILES string of the molecule is CCN(Cc1ccccn1)c1sc(C(N)=O)c(N)c1OC. The van der Waals surface area contributed by atoms with Crippen molar-refractivity contribution in [3.8, 4) is 5.75 Å². The van der Waals surface area contributed by atoms with E-state index in [9.17, 15) is 4.79 Å². The van der Waals surface area contributed by atoms with Crippen LogP contribution < -0.4 is 21.1 Å². The molecule has 2 rings (SSSR count). The lowest BCUT2D eigenvalue weighted by atomic mass is 10.3. The number of hydrogen-bond donors (Lipinski definition) is 2. The van der Waals surface area contributed by atoms with Gasteiger partial charge in [0.15, 0.2) is 5.75 Å². The first-order valence-corrected chi connectivity index (χ1v) is 7.31. The molecule has 0 aliphatic carbocycles. The van der Waals surface area contributed by atoms with Crippen LogP contribution in [0.1, 0.15) is 22.3 Å². The van der Waals surface area contributed by atoms with Gasteiger partial charge in [0.1, 0.15) is 15.6 Å². The van der Waals surface area contributed by atoms with Crippen molar-refractivity contribution in [2.24, 2.45) is 5.73 Å². The van der Waals surface area contributed by atoms with Crippen molar-refractivity contribution >= 4 is 27.9 Å². The summed E-state index contributed by atoms with van der Waals surface area (Å²) in [6, 6.07) is 5.75. The molecule has 0 spiro atoms. The Hall–Kier alpha value is -2.28. The average molecular weight is 306 g/mol. The largest absolute Gasteiger partial charge is 0.492 e. The topological polar surface area (TPSA) is 94.5 Å². The van der Waals surface area contributed by atoms with Crippen molar-refractivity contribution in [3.05, 3.63) is 35.0 Å². The van der Waals surface area contributed by atoms with Crippen molar-refractivity contribution in [1.82, 2.24) is 4.98 Å². The Morgan fingerprint density at radius 3 is 2.76 bits per heavy atom. The van der Waals surface area contributed by atoms with Crippen molar-refractivity contribution < 1.29 is 9.53 Å². The molecule has 0 fully saturated rings. The van der Waals surface area contributed by atoms with Crippen LogP contribution in [0.2, 0.25) is 0 Å². The molecule has 6 nitrogen and oxygen atoms in total. The van der Waals surface area contributed by atoms with Crippen LogP contribution in [-0.2, 0) is 6.54 Å². The summed E-state index contributed by atoms with van der Waals surface area (Å²) < 4.78 is 5.34. The number of nitrogens with two attached hydrogens (primary N) is 2. The predicted octanol–water partition coefficient (Wildman–Crippen LogP) is 1.86. The van der Waals surface area contributed by atoms with E-state index < -0.39 is 5.91 Å². The van der Waals surface area contributed by atoms with E-state index in [4.69, 9.17) is 16.2 Å². The number of nitrogen functional groups attached to an aromatic ring is 1. The molecule has 1 amide bonds.